The lowest BCUT2D eigenvalue weighted by Crippen LogP contribution is -2.49. The number of carbonyl (C=O) groups excluding carboxylic acids is 1. The summed E-state index contributed by atoms with van der Waals surface area (Å²) in [5.41, 5.74) is 0. The fourth-order valence-corrected chi connectivity index (χ4v) is 1.89. The van der Waals surface area contributed by atoms with Crippen LogP contribution in [0.5, 0.6) is 0 Å². The van der Waals surface area contributed by atoms with Crippen molar-refractivity contribution in [2.75, 3.05) is 39.3 Å². The maximum Gasteiger partial charge on any atom is 0.222 e. The summed E-state index contributed by atoms with van der Waals surface area (Å²) in [5, 5.41) is 3.71. The summed E-state index contributed by atoms with van der Waals surface area (Å²) in [6, 6.07) is 0. The molecular formula is C12H23N3O2. The van der Waals surface area contributed by atoms with Gasteiger partial charge >= 0.3 is 0 Å². The first-order valence-electron chi connectivity index (χ1n) is 6.38. The molecule has 1 fully saturated rings. The van der Waals surface area contributed by atoms with Crippen LogP contribution in [-0.2, 0) is 9.63 Å². The largest absolute Gasteiger partial charge is 0.395 e. The monoisotopic (exact) mass is 241 g/mol. The zero-order valence-electron chi connectivity index (χ0n) is 10.9. The van der Waals surface area contributed by atoms with Crippen molar-refractivity contribution in [1.82, 2.24) is 9.80 Å². The molecule has 1 amide bonds. The Morgan fingerprint density at radius 3 is 2.65 bits per heavy atom. The highest BCUT2D eigenvalue weighted by Crippen LogP contribution is 2.04. The number of rotatable bonds is 6. The Kier molecular flexibility index (Phi) is 6.62. The maximum absolute atomic E-state index is 11.7. The van der Waals surface area contributed by atoms with Crippen LogP contribution < -0.4 is 0 Å². The van der Waals surface area contributed by atoms with E-state index in [1.165, 1.54) is 0 Å². The minimum atomic E-state index is 0.291. The molecule has 0 aromatic rings. The summed E-state index contributed by atoms with van der Waals surface area (Å²) in [4.78, 5) is 21.0. The van der Waals surface area contributed by atoms with E-state index in [1.807, 2.05) is 18.7 Å². The molecule has 1 aliphatic heterocycles. The van der Waals surface area contributed by atoms with Crippen molar-refractivity contribution in [1.29, 1.82) is 0 Å². The van der Waals surface area contributed by atoms with Gasteiger partial charge in [0, 0.05) is 45.4 Å². The molecule has 0 aromatic heterocycles. The predicted molar refractivity (Wildman–Crippen MR) is 68.0 cm³/mol. The molecule has 1 saturated heterocycles. The minimum Gasteiger partial charge on any atom is -0.395 e. The first-order valence-corrected chi connectivity index (χ1v) is 6.38. The van der Waals surface area contributed by atoms with Gasteiger partial charge in [-0.15, -0.1) is 0 Å². The third kappa shape index (κ3) is 5.17. The molecule has 1 aliphatic rings. The van der Waals surface area contributed by atoms with Gasteiger partial charge in [-0.3, -0.25) is 9.69 Å². The van der Waals surface area contributed by atoms with Crippen LogP contribution >= 0.6 is 0 Å². The Morgan fingerprint density at radius 2 is 2.06 bits per heavy atom. The lowest BCUT2D eigenvalue weighted by atomic mass is 10.2. The molecule has 0 unspecified atom stereocenters. The lowest BCUT2D eigenvalue weighted by Gasteiger charge is -2.34. The topological polar surface area (TPSA) is 45.1 Å². The Morgan fingerprint density at radius 1 is 1.35 bits per heavy atom. The molecule has 98 valence electrons. The van der Waals surface area contributed by atoms with Gasteiger partial charge in [0.15, 0.2) is 0 Å². The second kappa shape index (κ2) is 8.06. The van der Waals surface area contributed by atoms with E-state index in [0.717, 1.165) is 39.1 Å². The standard InChI is InChI=1S/C12H23N3O2/c1-3-5-12(16)15-8-6-14(7-9-15)10-11-17-13-4-2/h4H,3,5-11H2,1-2H3/b13-4+. The molecule has 0 saturated carbocycles. The van der Waals surface area contributed by atoms with E-state index >= 15 is 0 Å². The van der Waals surface area contributed by atoms with Crippen molar-refractivity contribution in [3.05, 3.63) is 0 Å². The van der Waals surface area contributed by atoms with Crippen LogP contribution in [0.3, 0.4) is 0 Å². The normalized spacial score (nSPS) is 17.6. The molecular weight excluding hydrogens is 218 g/mol. The van der Waals surface area contributed by atoms with E-state index in [4.69, 9.17) is 4.84 Å². The summed E-state index contributed by atoms with van der Waals surface area (Å²) >= 11 is 0. The molecule has 0 aromatic carbocycles. The number of hydrogen-bond donors (Lipinski definition) is 0. The molecule has 0 radical (unpaired) electrons. The van der Waals surface area contributed by atoms with E-state index in [2.05, 4.69) is 10.1 Å². The third-order valence-electron chi connectivity index (χ3n) is 2.87. The number of oxime groups is 1. The Balaban J connectivity index is 2.15. The summed E-state index contributed by atoms with van der Waals surface area (Å²) < 4.78 is 0. The van der Waals surface area contributed by atoms with Crippen LogP contribution in [0.25, 0.3) is 0 Å². The highest BCUT2D eigenvalue weighted by atomic mass is 16.6. The van der Waals surface area contributed by atoms with Crippen molar-refractivity contribution in [3.63, 3.8) is 0 Å². The molecule has 0 aliphatic carbocycles. The first kappa shape index (κ1) is 14.0. The molecule has 0 bridgehead atoms. The minimum absolute atomic E-state index is 0.291. The third-order valence-corrected chi connectivity index (χ3v) is 2.87. The quantitative estimate of drug-likeness (QED) is 0.395. The van der Waals surface area contributed by atoms with Gasteiger partial charge in [0.1, 0.15) is 6.61 Å². The fraction of sp³-hybridized carbons (Fsp3) is 0.833. The zero-order chi connectivity index (χ0) is 12.5. The van der Waals surface area contributed by atoms with E-state index in [0.29, 0.717) is 18.9 Å². The smallest absolute Gasteiger partial charge is 0.222 e. The molecule has 0 N–H and O–H groups in total. The van der Waals surface area contributed by atoms with Gasteiger partial charge in [-0.25, -0.2) is 0 Å². The average Bonchev–Trinajstić information content (AvgIpc) is 2.36. The summed E-state index contributed by atoms with van der Waals surface area (Å²) in [6.45, 7) is 8.94. The summed E-state index contributed by atoms with van der Waals surface area (Å²) in [6.07, 6.45) is 3.25. The molecule has 0 atom stereocenters. The van der Waals surface area contributed by atoms with E-state index < -0.39 is 0 Å². The number of nitrogens with zero attached hydrogens (tertiary/aromatic N) is 3. The Labute approximate surface area is 103 Å². The van der Waals surface area contributed by atoms with Gasteiger partial charge in [-0.05, 0) is 13.3 Å². The molecule has 17 heavy (non-hydrogen) atoms. The van der Waals surface area contributed by atoms with Crippen LogP contribution in [0.2, 0.25) is 0 Å². The van der Waals surface area contributed by atoms with Crippen LogP contribution in [0.1, 0.15) is 26.7 Å². The second-order valence-corrected chi connectivity index (χ2v) is 4.17. The molecule has 5 heteroatoms. The predicted octanol–water partition coefficient (Wildman–Crippen LogP) is 0.953. The maximum atomic E-state index is 11.7. The first-order chi connectivity index (χ1) is 8.27. The molecule has 1 rings (SSSR count). The highest BCUT2D eigenvalue weighted by Gasteiger charge is 2.19. The van der Waals surface area contributed by atoms with Crippen LogP contribution in [0, 0.1) is 0 Å². The van der Waals surface area contributed by atoms with E-state index in [9.17, 15) is 4.79 Å². The summed E-state index contributed by atoms with van der Waals surface area (Å²) in [5.74, 6) is 0.291. The Hall–Kier alpha value is -1.10. The van der Waals surface area contributed by atoms with E-state index in [1.54, 1.807) is 6.21 Å². The Bertz CT molecular complexity index is 248. The molecule has 5 nitrogen and oxygen atoms in total. The number of carbonyl (C=O) groups is 1. The van der Waals surface area contributed by atoms with Gasteiger partial charge < -0.3 is 9.74 Å². The second-order valence-electron chi connectivity index (χ2n) is 4.17. The number of amides is 1. The lowest BCUT2D eigenvalue weighted by molar-refractivity contribution is -0.133. The van der Waals surface area contributed by atoms with Crippen LogP contribution in [0.4, 0.5) is 0 Å². The zero-order valence-corrected chi connectivity index (χ0v) is 10.9. The SMILES string of the molecule is C/C=N/OCCN1CCN(C(=O)CCC)CC1. The fourth-order valence-electron chi connectivity index (χ4n) is 1.89. The van der Waals surface area contributed by atoms with Gasteiger partial charge in [0.25, 0.3) is 0 Å². The molecule has 0 spiro atoms. The van der Waals surface area contributed by atoms with Gasteiger partial charge in [-0.1, -0.05) is 12.1 Å². The van der Waals surface area contributed by atoms with Crippen LogP contribution in [0.15, 0.2) is 5.16 Å². The number of hydrogen-bond acceptors (Lipinski definition) is 4. The highest BCUT2D eigenvalue weighted by molar-refractivity contribution is 5.76. The average molecular weight is 241 g/mol. The number of piperazine rings is 1. The van der Waals surface area contributed by atoms with Gasteiger partial charge in [-0.2, -0.15) is 0 Å². The van der Waals surface area contributed by atoms with Crippen LogP contribution in [-0.4, -0.2) is 61.3 Å². The van der Waals surface area contributed by atoms with Gasteiger partial charge in [0.2, 0.25) is 5.91 Å². The van der Waals surface area contributed by atoms with Crippen molar-refractivity contribution in [2.24, 2.45) is 5.16 Å². The van der Waals surface area contributed by atoms with E-state index in [-0.39, 0.29) is 0 Å². The van der Waals surface area contributed by atoms with Crippen molar-refractivity contribution >= 4 is 12.1 Å². The van der Waals surface area contributed by atoms with Crippen molar-refractivity contribution in [2.45, 2.75) is 26.7 Å². The summed E-state index contributed by atoms with van der Waals surface area (Å²) in [7, 11) is 0. The van der Waals surface area contributed by atoms with Gasteiger partial charge in [0.05, 0.1) is 0 Å². The van der Waals surface area contributed by atoms with Crippen molar-refractivity contribution in [3.8, 4) is 0 Å². The molecule has 1 heterocycles. The van der Waals surface area contributed by atoms with Crippen molar-refractivity contribution < 1.29 is 9.63 Å².